The molecule has 1 aliphatic carbocycles. The first-order chi connectivity index (χ1) is 22.3. The van der Waals surface area contributed by atoms with Crippen LogP contribution in [0.25, 0.3) is 11.1 Å². The van der Waals surface area contributed by atoms with Gasteiger partial charge in [-0.15, -0.1) is 11.8 Å². The van der Waals surface area contributed by atoms with Gasteiger partial charge in [0.2, 0.25) is 0 Å². The SMILES string of the molecule is CC(=O)OC[C@H]1O[C@@H](SC[C@H](NC(=O)OCC2c3ccccc3-c3ccccc32)C(=O)O)[C@H](OC(C)=O)[C@@H](OC(C)=O)[C@H]1OC(C)=O. The highest BCUT2D eigenvalue weighted by Gasteiger charge is 2.52. The number of hydrogen-bond acceptors (Lipinski definition) is 13. The molecule has 14 nitrogen and oxygen atoms in total. The second-order valence-corrected chi connectivity index (χ2v) is 11.9. The molecule has 2 aromatic carbocycles. The average molecular weight is 674 g/mol. The van der Waals surface area contributed by atoms with E-state index in [4.69, 9.17) is 28.4 Å². The zero-order chi connectivity index (χ0) is 34.2. The molecule has 0 radical (unpaired) electrons. The molecule has 2 aromatic rings. The predicted molar refractivity (Wildman–Crippen MR) is 164 cm³/mol. The number of hydrogen-bond donors (Lipinski definition) is 2. The van der Waals surface area contributed by atoms with E-state index < -0.39 is 78.4 Å². The molecule has 15 heteroatoms. The number of carbonyl (C=O) groups is 6. The van der Waals surface area contributed by atoms with E-state index in [1.54, 1.807) is 0 Å². The van der Waals surface area contributed by atoms with Gasteiger partial charge < -0.3 is 38.8 Å². The van der Waals surface area contributed by atoms with Crippen molar-refractivity contribution in [2.75, 3.05) is 19.0 Å². The number of alkyl carbamates (subject to hydrolysis) is 1. The van der Waals surface area contributed by atoms with Crippen molar-refractivity contribution in [1.29, 1.82) is 0 Å². The summed E-state index contributed by atoms with van der Waals surface area (Å²) < 4.78 is 32.7. The molecule has 47 heavy (non-hydrogen) atoms. The van der Waals surface area contributed by atoms with Crippen LogP contribution in [0, 0.1) is 0 Å². The number of esters is 4. The van der Waals surface area contributed by atoms with Crippen LogP contribution >= 0.6 is 11.8 Å². The molecule has 0 bridgehead atoms. The molecule has 4 rings (SSSR count). The van der Waals surface area contributed by atoms with Crippen LogP contribution in [0.3, 0.4) is 0 Å². The first-order valence-corrected chi connectivity index (χ1v) is 15.7. The largest absolute Gasteiger partial charge is 0.480 e. The van der Waals surface area contributed by atoms with E-state index in [0.717, 1.165) is 61.7 Å². The van der Waals surface area contributed by atoms with Gasteiger partial charge in [-0.3, -0.25) is 19.2 Å². The summed E-state index contributed by atoms with van der Waals surface area (Å²) in [5.41, 5.74) is 2.80. The van der Waals surface area contributed by atoms with E-state index in [1.807, 2.05) is 48.5 Å². The van der Waals surface area contributed by atoms with Gasteiger partial charge in [0.25, 0.3) is 0 Å². The number of fused-ring (bicyclic) bond motifs is 3. The monoisotopic (exact) mass is 673 g/mol. The van der Waals surface area contributed by atoms with Crippen molar-refractivity contribution in [2.24, 2.45) is 0 Å². The average Bonchev–Trinajstić information content (AvgIpc) is 3.32. The lowest BCUT2D eigenvalue weighted by atomic mass is 9.98. The van der Waals surface area contributed by atoms with E-state index in [0.29, 0.717) is 0 Å². The molecule has 1 heterocycles. The maximum atomic E-state index is 12.9. The zero-order valence-electron chi connectivity index (χ0n) is 26.0. The first kappa shape index (κ1) is 35.2. The Balaban J connectivity index is 1.48. The van der Waals surface area contributed by atoms with Crippen molar-refractivity contribution < 1.29 is 62.3 Å². The van der Waals surface area contributed by atoms with Crippen LogP contribution in [0.15, 0.2) is 48.5 Å². The number of nitrogens with one attached hydrogen (secondary N) is 1. The highest BCUT2D eigenvalue weighted by Crippen LogP contribution is 2.44. The standard InChI is InChI=1S/C32H35NO13S/c1-16(34)41-14-26-27(43-17(2)35)28(44-18(3)36)29(45-19(4)37)31(46-26)47-15-25(30(38)39)33-32(40)42-13-24-22-11-7-5-9-20(22)21-10-6-8-12-23(21)24/h5-12,24-29,31H,13-15H2,1-4H3,(H,33,40)(H,38,39)/t25-,26+,27-,28-,29+,31-/m0/s1. The highest BCUT2D eigenvalue weighted by molar-refractivity contribution is 7.99. The van der Waals surface area contributed by atoms with E-state index >= 15 is 0 Å². The Morgan fingerprint density at radius 3 is 1.81 bits per heavy atom. The molecule has 1 fully saturated rings. The number of benzene rings is 2. The van der Waals surface area contributed by atoms with E-state index in [9.17, 15) is 33.9 Å². The summed E-state index contributed by atoms with van der Waals surface area (Å²) in [5, 5.41) is 12.3. The van der Waals surface area contributed by atoms with Crippen LogP contribution in [0.2, 0.25) is 0 Å². The molecule has 252 valence electrons. The molecule has 0 saturated carbocycles. The first-order valence-electron chi connectivity index (χ1n) is 14.6. The molecule has 2 aliphatic rings. The molecule has 0 aromatic heterocycles. The van der Waals surface area contributed by atoms with Crippen LogP contribution < -0.4 is 5.32 Å². The minimum atomic E-state index is -1.50. The third-order valence-electron chi connectivity index (χ3n) is 7.31. The van der Waals surface area contributed by atoms with Gasteiger partial charge in [-0.2, -0.15) is 0 Å². The minimum Gasteiger partial charge on any atom is -0.480 e. The van der Waals surface area contributed by atoms with Gasteiger partial charge in [0, 0.05) is 39.4 Å². The second-order valence-electron chi connectivity index (χ2n) is 10.8. The summed E-state index contributed by atoms with van der Waals surface area (Å²) in [5.74, 6) is -5.03. The Hall–Kier alpha value is -4.63. The molecule has 1 aliphatic heterocycles. The summed E-state index contributed by atoms with van der Waals surface area (Å²) in [6.45, 7) is 3.95. The fourth-order valence-electron chi connectivity index (χ4n) is 5.47. The number of aliphatic carboxylic acids is 1. The summed E-state index contributed by atoms with van der Waals surface area (Å²) >= 11 is 0.818. The third-order valence-corrected chi connectivity index (χ3v) is 8.54. The van der Waals surface area contributed by atoms with E-state index in [1.165, 1.54) is 0 Å². The maximum absolute atomic E-state index is 12.9. The van der Waals surface area contributed by atoms with Gasteiger partial charge in [-0.05, 0) is 22.3 Å². The number of amides is 1. The molecule has 0 unspecified atom stereocenters. The number of carboxylic acids is 1. The minimum absolute atomic E-state index is 0.0426. The van der Waals surface area contributed by atoms with Gasteiger partial charge in [0.05, 0.1) is 0 Å². The molecular formula is C32H35NO13S. The number of ether oxygens (including phenoxy) is 6. The van der Waals surface area contributed by atoms with Crippen LogP contribution in [-0.4, -0.2) is 95.9 Å². The molecule has 6 atom stereocenters. The smallest absolute Gasteiger partial charge is 0.407 e. The van der Waals surface area contributed by atoms with Gasteiger partial charge in [0.1, 0.15) is 30.8 Å². The van der Waals surface area contributed by atoms with Gasteiger partial charge in [0.15, 0.2) is 18.3 Å². The maximum Gasteiger partial charge on any atom is 0.407 e. The van der Waals surface area contributed by atoms with Gasteiger partial charge in [-0.1, -0.05) is 48.5 Å². The van der Waals surface area contributed by atoms with E-state index in [-0.39, 0.29) is 18.3 Å². The van der Waals surface area contributed by atoms with Crippen molar-refractivity contribution >= 4 is 47.7 Å². The van der Waals surface area contributed by atoms with E-state index in [2.05, 4.69) is 5.32 Å². The van der Waals surface area contributed by atoms with Crippen LogP contribution in [0.4, 0.5) is 4.79 Å². The Labute approximate surface area is 274 Å². The van der Waals surface area contributed by atoms with Crippen LogP contribution in [-0.2, 0) is 52.4 Å². The lowest BCUT2D eigenvalue weighted by molar-refractivity contribution is -0.237. The van der Waals surface area contributed by atoms with Crippen molar-refractivity contribution in [3.63, 3.8) is 0 Å². The highest BCUT2D eigenvalue weighted by atomic mass is 32.2. The second kappa shape index (κ2) is 15.8. The number of rotatable bonds is 12. The normalized spacial score (nSPS) is 22.1. The number of carboxylic acid groups (broad SMARTS) is 1. The Morgan fingerprint density at radius 2 is 1.28 bits per heavy atom. The molecule has 0 spiro atoms. The zero-order valence-corrected chi connectivity index (χ0v) is 26.9. The van der Waals surface area contributed by atoms with Crippen LogP contribution in [0.1, 0.15) is 44.7 Å². The predicted octanol–water partition coefficient (Wildman–Crippen LogP) is 2.79. The van der Waals surface area contributed by atoms with Gasteiger partial charge in [-0.25, -0.2) is 9.59 Å². The molecular weight excluding hydrogens is 638 g/mol. The van der Waals surface area contributed by atoms with Crippen LogP contribution in [0.5, 0.6) is 0 Å². The molecule has 2 N–H and O–H groups in total. The summed E-state index contributed by atoms with van der Waals surface area (Å²) in [4.78, 5) is 72.6. The fraction of sp³-hybridized carbons (Fsp3) is 0.438. The Bertz CT molecular complexity index is 1470. The quantitative estimate of drug-likeness (QED) is 0.247. The molecule has 1 amide bonds. The molecule has 1 saturated heterocycles. The van der Waals surface area contributed by atoms with Crippen molar-refractivity contribution in [2.45, 2.75) is 69.5 Å². The van der Waals surface area contributed by atoms with Gasteiger partial charge >= 0.3 is 35.9 Å². The third kappa shape index (κ3) is 9.01. The Morgan fingerprint density at radius 1 is 0.745 bits per heavy atom. The fourth-order valence-corrected chi connectivity index (χ4v) is 6.70. The lowest BCUT2D eigenvalue weighted by Gasteiger charge is -2.44. The summed E-state index contributed by atoms with van der Waals surface area (Å²) in [6.07, 6.45) is -6.32. The van der Waals surface area contributed by atoms with Crippen molar-refractivity contribution in [1.82, 2.24) is 5.32 Å². The lowest BCUT2D eigenvalue weighted by Crippen LogP contribution is -2.61. The summed E-state index contributed by atoms with van der Waals surface area (Å²) in [6, 6.07) is 14.0. The van der Waals surface area contributed by atoms with Crippen molar-refractivity contribution in [3.05, 3.63) is 59.7 Å². The topological polar surface area (TPSA) is 190 Å². The van der Waals surface area contributed by atoms with Crippen molar-refractivity contribution in [3.8, 4) is 11.1 Å². The Kier molecular flexibility index (Phi) is 11.8. The summed E-state index contributed by atoms with van der Waals surface area (Å²) in [7, 11) is 0. The number of carbonyl (C=O) groups excluding carboxylic acids is 5. The number of thioether (sulfide) groups is 1.